The fourth-order valence-corrected chi connectivity index (χ4v) is 3.28. The Bertz CT molecular complexity index is 652. The first-order valence-electron chi connectivity index (χ1n) is 7.72. The highest BCUT2D eigenvalue weighted by Gasteiger charge is 2.39. The predicted molar refractivity (Wildman–Crippen MR) is 82.7 cm³/mol. The summed E-state index contributed by atoms with van der Waals surface area (Å²) in [5.74, 6) is 0. The molecule has 0 bridgehead atoms. The van der Waals surface area contributed by atoms with Gasteiger partial charge in [-0.05, 0) is 43.5 Å². The summed E-state index contributed by atoms with van der Waals surface area (Å²) in [6.07, 6.45) is -1.05. The molecule has 122 valence electrons. The summed E-state index contributed by atoms with van der Waals surface area (Å²) < 4.78 is 38.1. The number of rotatable bonds is 3. The van der Waals surface area contributed by atoms with Crippen LogP contribution in [0.3, 0.4) is 0 Å². The van der Waals surface area contributed by atoms with Crippen LogP contribution in [0.4, 0.5) is 13.2 Å². The minimum atomic E-state index is -4.39. The molecule has 1 unspecified atom stereocenters. The van der Waals surface area contributed by atoms with Crippen molar-refractivity contribution in [3.8, 4) is 0 Å². The minimum Gasteiger partial charge on any atom is -0.290 e. The topological polar surface area (TPSA) is 16.1 Å². The third kappa shape index (κ3) is 3.24. The van der Waals surface area contributed by atoms with Crippen molar-refractivity contribution >= 4 is 0 Å². The van der Waals surface area contributed by atoms with E-state index in [1.165, 1.54) is 11.8 Å². The van der Waals surface area contributed by atoms with Gasteiger partial charge in [-0.3, -0.25) is 9.88 Å². The van der Waals surface area contributed by atoms with Crippen LogP contribution in [0.5, 0.6) is 0 Å². The maximum atomic E-state index is 12.7. The minimum absolute atomic E-state index is 0.271. The van der Waals surface area contributed by atoms with Crippen LogP contribution in [-0.4, -0.2) is 16.4 Å². The Hall–Kier alpha value is -1.88. The highest BCUT2D eigenvalue weighted by Crippen LogP contribution is 2.40. The number of hydrogen-bond donors (Lipinski definition) is 0. The Balaban J connectivity index is 1.84. The molecule has 0 saturated carbocycles. The van der Waals surface area contributed by atoms with E-state index in [4.69, 9.17) is 0 Å². The quantitative estimate of drug-likeness (QED) is 0.821. The summed E-state index contributed by atoms with van der Waals surface area (Å²) >= 11 is 0. The van der Waals surface area contributed by atoms with Gasteiger partial charge in [-0.2, -0.15) is 13.2 Å². The first-order valence-corrected chi connectivity index (χ1v) is 7.72. The third-order valence-corrected chi connectivity index (χ3v) is 4.68. The van der Waals surface area contributed by atoms with Crippen molar-refractivity contribution in [2.45, 2.75) is 38.0 Å². The molecule has 2 aromatic rings. The lowest BCUT2D eigenvalue weighted by Crippen LogP contribution is -2.38. The third-order valence-electron chi connectivity index (χ3n) is 4.68. The Morgan fingerprint density at radius 2 is 1.87 bits per heavy atom. The molecule has 1 atom stereocenters. The fourth-order valence-electron chi connectivity index (χ4n) is 3.28. The second-order valence-corrected chi connectivity index (χ2v) is 6.21. The maximum absolute atomic E-state index is 12.7. The Labute approximate surface area is 134 Å². The number of nitrogens with zero attached hydrogens (tertiary/aromatic N) is 2. The number of likely N-dealkylation sites (tertiary alicyclic amines) is 1. The van der Waals surface area contributed by atoms with Crippen LogP contribution in [0.1, 0.15) is 36.6 Å². The van der Waals surface area contributed by atoms with Gasteiger partial charge in [0.15, 0.2) is 0 Å². The molecule has 0 amide bonds. The second-order valence-electron chi connectivity index (χ2n) is 6.21. The summed E-state index contributed by atoms with van der Waals surface area (Å²) in [4.78, 5) is 5.96. The second kappa shape index (κ2) is 5.96. The van der Waals surface area contributed by atoms with Crippen LogP contribution in [0.2, 0.25) is 0 Å². The average molecular weight is 320 g/mol. The van der Waals surface area contributed by atoms with Gasteiger partial charge in [0.2, 0.25) is 0 Å². The van der Waals surface area contributed by atoms with E-state index in [0.29, 0.717) is 0 Å². The van der Waals surface area contributed by atoms with Crippen LogP contribution in [0.25, 0.3) is 0 Å². The van der Waals surface area contributed by atoms with Gasteiger partial charge in [-0.15, -0.1) is 0 Å². The maximum Gasteiger partial charge on any atom is 0.433 e. The van der Waals surface area contributed by atoms with Crippen LogP contribution in [-0.2, 0) is 18.3 Å². The van der Waals surface area contributed by atoms with E-state index < -0.39 is 11.9 Å². The molecule has 1 aliphatic rings. The molecule has 1 aromatic carbocycles. The van der Waals surface area contributed by atoms with Gasteiger partial charge < -0.3 is 0 Å². The average Bonchev–Trinajstić information content (AvgIpc) is 2.90. The van der Waals surface area contributed by atoms with Crippen molar-refractivity contribution in [1.29, 1.82) is 0 Å². The smallest absolute Gasteiger partial charge is 0.290 e. The first-order chi connectivity index (χ1) is 10.9. The molecule has 0 spiro atoms. The van der Waals surface area contributed by atoms with Gasteiger partial charge >= 0.3 is 6.18 Å². The molecule has 0 aliphatic carbocycles. The zero-order valence-corrected chi connectivity index (χ0v) is 13.0. The molecule has 5 heteroatoms. The van der Waals surface area contributed by atoms with E-state index in [2.05, 4.69) is 28.9 Å². The number of benzene rings is 1. The summed E-state index contributed by atoms with van der Waals surface area (Å²) in [5, 5.41) is 0. The van der Waals surface area contributed by atoms with Crippen LogP contribution < -0.4 is 0 Å². The SMILES string of the molecule is CC1(c2ccc(C(F)(F)F)nc2)CCCN1Cc1ccccc1. The Morgan fingerprint density at radius 1 is 1.13 bits per heavy atom. The summed E-state index contributed by atoms with van der Waals surface area (Å²) in [7, 11) is 0. The summed E-state index contributed by atoms with van der Waals surface area (Å²) in [6.45, 7) is 3.82. The lowest BCUT2D eigenvalue weighted by molar-refractivity contribution is -0.141. The number of alkyl halides is 3. The largest absolute Gasteiger partial charge is 0.433 e. The van der Waals surface area contributed by atoms with Crippen LogP contribution in [0, 0.1) is 0 Å². The van der Waals surface area contributed by atoms with Gasteiger partial charge in [0.25, 0.3) is 0 Å². The molecular weight excluding hydrogens is 301 g/mol. The van der Waals surface area contributed by atoms with E-state index in [1.54, 1.807) is 6.07 Å². The highest BCUT2D eigenvalue weighted by atomic mass is 19.4. The van der Waals surface area contributed by atoms with Crippen molar-refractivity contribution < 1.29 is 13.2 Å². The monoisotopic (exact) mass is 320 g/mol. The normalized spacial score (nSPS) is 22.4. The molecule has 0 radical (unpaired) electrons. The van der Waals surface area contributed by atoms with E-state index in [1.807, 2.05) is 18.2 Å². The van der Waals surface area contributed by atoms with Gasteiger partial charge in [0.1, 0.15) is 5.69 Å². The molecule has 1 aliphatic heterocycles. The van der Waals surface area contributed by atoms with Gasteiger partial charge in [-0.1, -0.05) is 36.4 Å². The lowest BCUT2D eigenvalue weighted by atomic mass is 9.90. The van der Waals surface area contributed by atoms with Crippen molar-refractivity contribution in [1.82, 2.24) is 9.88 Å². The van der Waals surface area contributed by atoms with Crippen molar-refractivity contribution in [3.05, 3.63) is 65.5 Å². The summed E-state index contributed by atoms with van der Waals surface area (Å²) in [6, 6.07) is 12.8. The van der Waals surface area contributed by atoms with Gasteiger partial charge in [0, 0.05) is 18.3 Å². The zero-order valence-electron chi connectivity index (χ0n) is 13.0. The number of pyridine rings is 1. The highest BCUT2D eigenvalue weighted by molar-refractivity contribution is 5.26. The Kier molecular flexibility index (Phi) is 4.15. The van der Waals surface area contributed by atoms with E-state index in [0.717, 1.165) is 37.6 Å². The molecule has 3 rings (SSSR count). The van der Waals surface area contributed by atoms with Gasteiger partial charge in [0.05, 0.1) is 0 Å². The molecule has 2 heterocycles. The van der Waals surface area contributed by atoms with Crippen molar-refractivity contribution in [2.24, 2.45) is 0 Å². The predicted octanol–water partition coefficient (Wildman–Crippen LogP) is 4.61. The number of aromatic nitrogens is 1. The molecule has 0 N–H and O–H groups in total. The Morgan fingerprint density at radius 3 is 2.48 bits per heavy atom. The fraction of sp³-hybridized carbons (Fsp3) is 0.389. The van der Waals surface area contributed by atoms with Crippen LogP contribution in [0.15, 0.2) is 48.7 Å². The molecule has 23 heavy (non-hydrogen) atoms. The lowest BCUT2D eigenvalue weighted by Gasteiger charge is -2.36. The molecular formula is C18H19F3N2. The van der Waals surface area contributed by atoms with Crippen molar-refractivity contribution in [2.75, 3.05) is 6.54 Å². The molecule has 1 saturated heterocycles. The standard InChI is InChI=1S/C18H19F3N2/c1-17(15-8-9-16(22-12-15)18(19,20)21)10-5-11-23(17)13-14-6-3-2-4-7-14/h2-4,6-9,12H,5,10-11,13H2,1H3. The first kappa shape index (κ1) is 16.0. The molecule has 2 nitrogen and oxygen atoms in total. The molecule has 1 aromatic heterocycles. The van der Waals surface area contributed by atoms with E-state index in [9.17, 15) is 13.2 Å². The number of hydrogen-bond acceptors (Lipinski definition) is 2. The van der Waals surface area contributed by atoms with Crippen LogP contribution >= 0.6 is 0 Å². The van der Waals surface area contributed by atoms with E-state index >= 15 is 0 Å². The van der Waals surface area contributed by atoms with E-state index in [-0.39, 0.29) is 5.54 Å². The molecule has 1 fully saturated rings. The van der Waals surface area contributed by atoms with Crippen molar-refractivity contribution in [3.63, 3.8) is 0 Å². The summed E-state index contributed by atoms with van der Waals surface area (Å²) in [5.41, 5.74) is 0.948. The number of halogens is 3. The van der Waals surface area contributed by atoms with Gasteiger partial charge in [-0.25, -0.2) is 0 Å². The zero-order chi connectivity index (χ0) is 16.5.